The third kappa shape index (κ3) is 6.42. The van der Waals surface area contributed by atoms with Gasteiger partial charge in [0.2, 0.25) is 5.91 Å². The summed E-state index contributed by atoms with van der Waals surface area (Å²) >= 11 is 0. The van der Waals surface area contributed by atoms with Crippen LogP contribution in [0.15, 0.2) is 48.5 Å². The summed E-state index contributed by atoms with van der Waals surface area (Å²) in [4.78, 5) is 19.5. The summed E-state index contributed by atoms with van der Waals surface area (Å²) in [6.45, 7) is 10.3. The van der Waals surface area contributed by atoms with Gasteiger partial charge in [0.15, 0.2) is 0 Å². The molecule has 1 aromatic heterocycles. The van der Waals surface area contributed by atoms with Gasteiger partial charge < -0.3 is 14.4 Å². The zero-order valence-corrected chi connectivity index (χ0v) is 22.1. The van der Waals surface area contributed by atoms with E-state index in [4.69, 9.17) is 0 Å². The number of hydrogen-bond donors (Lipinski definition) is 0. The average Bonchev–Trinajstić information content (AvgIpc) is 3.11. The van der Waals surface area contributed by atoms with Gasteiger partial charge in [0.25, 0.3) is 0 Å². The summed E-state index contributed by atoms with van der Waals surface area (Å²) in [6.07, 6.45) is 5.66. The quantitative estimate of drug-likeness (QED) is 0.406. The summed E-state index contributed by atoms with van der Waals surface area (Å²) in [5, 5.41) is 1.21. The number of piperazine rings is 1. The van der Waals surface area contributed by atoms with Gasteiger partial charge in [0.1, 0.15) is 5.82 Å². The van der Waals surface area contributed by atoms with E-state index < -0.39 is 0 Å². The number of aryl methyl sites for hydroxylation is 2. The van der Waals surface area contributed by atoms with Crippen molar-refractivity contribution in [2.45, 2.75) is 33.2 Å². The van der Waals surface area contributed by atoms with E-state index in [0.29, 0.717) is 0 Å². The highest BCUT2D eigenvalue weighted by molar-refractivity contribution is 5.97. The molecule has 4 rings (SSSR count). The fourth-order valence-electron chi connectivity index (χ4n) is 5.10. The van der Waals surface area contributed by atoms with E-state index in [9.17, 15) is 9.18 Å². The first-order valence-electron chi connectivity index (χ1n) is 13.0. The second kappa shape index (κ2) is 11.8. The molecule has 1 saturated heterocycles. The molecule has 1 aliphatic rings. The second-order valence-corrected chi connectivity index (χ2v) is 10.2. The minimum atomic E-state index is -0.184. The van der Waals surface area contributed by atoms with Gasteiger partial charge in [-0.2, -0.15) is 0 Å². The lowest BCUT2D eigenvalue weighted by Crippen LogP contribution is -2.48. The highest BCUT2D eigenvalue weighted by Gasteiger charge is 2.20. The Morgan fingerprint density at radius 1 is 1.03 bits per heavy atom. The number of amides is 1. The second-order valence-electron chi connectivity index (χ2n) is 10.2. The van der Waals surface area contributed by atoms with Crippen LogP contribution < -0.4 is 0 Å². The van der Waals surface area contributed by atoms with Gasteiger partial charge in [-0.15, -0.1) is 0 Å². The van der Waals surface area contributed by atoms with Crippen LogP contribution in [-0.2, 0) is 17.8 Å². The number of hydrogen-bond acceptors (Lipinski definition) is 3. The average molecular weight is 491 g/mol. The van der Waals surface area contributed by atoms with Crippen molar-refractivity contribution in [3.8, 4) is 0 Å². The molecule has 1 amide bonds. The normalized spacial score (nSPS) is 15.0. The first-order valence-corrected chi connectivity index (χ1v) is 13.0. The number of fused-ring (bicyclic) bond motifs is 1. The highest BCUT2D eigenvalue weighted by Crippen LogP contribution is 2.28. The largest absolute Gasteiger partial charge is 0.344 e. The van der Waals surface area contributed by atoms with Crippen LogP contribution in [0.3, 0.4) is 0 Å². The van der Waals surface area contributed by atoms with E-state index in [1.165, 1.54) is 28.2 Å². The van der Waals surface area contributed by atoms with Crippen molar-refractivity contribution in [1.29, 1.82) is 0 Å². The van der Waals surface area contributed by atoms with Crippen LogP contribution in [-0.4, -0.2) is 78.5 Å². The third-order valence-electron chi connectivity index (χ3n) is 7.20. The van der Waals surface area contributed by atoms with E-state index in [1.807, 2.05) is 17.0 Å². The Balaban J connectivity index is 1.38. The lowest BCUT2D eigenvalue weighted by molar-refractivity contribution is -0.127. The standard InChI is InChI=1S/C30H39FN4O/c1-23-9-11-29-28(21-23)27(24(2)35(29)15-6-14-32(3)4)10-12-30(36)34-19-17-33(18-20-34)16-13-25-7-5-8-26(31)22-25/h5,7-12,21-22H,6,13-20H2,1-4H3/b12-10+. The molecule has 1 fully saturated rings. The zero-order chi connectivity index (χ0) is 25.7. The van der Waals surface area contributed by atoms with Gasteiger partial charge in [0.05, 0.1) is 0 Å². The van der Waals surface area contributed by atoms with Crippen LogP contribution in [0.1, 0.15) is 28.8 Å². The molecule has 0 spiro atoms. The van der Waals surface area contributed by atoms with Crippen molar-refractivity contribution in [3.63, 3.8) is 0 Å². The van der Waals surface area contributed by atoms with Gasteiger partial charge in [-0.25, -0.2) is 4.39 Å². The lowest BCUT2D eigenvalue weighted by atomic mass is 10.1. The fourth-order valence-corrected chi connectivity index (χ4v) is 5.10. The Kier molecular flexibility index (Phi) is 8.60. The van der Waals surface area contributed by atoms with Crippen molar-refractivity contribution in [1.82, 2.24) is 19.3 Å². The van der Waals surface area contributed by atoms with E-state index in [1.54, 1.807) is 18.2 Å². The predicted octanol–water partition coefficient (Wildman–Crippen LogP) is 4.75. The molecule has 5 nitrogen and oxygen atoms in total. The van der Waals surface area contributed by atoms with Crippen molar-refractivity contribution < 1.29 is 9.18 Å². The molecule has 0 unspecified atom stereocenters. The summed E-state index contributed by atoms with van der Waals surface area (Å²) in [6, 6.07) is 13.4. The van der Waals surface area contributed by atoms with Crippen LogP contribution in [0.5, 0.6) is 0 Å². The number of carbonyl (C=O) groups is 1. The molecule has 192 valence electrons. The van der Waals surface area contributed by atoms with Crippen molar-refractivity contribution in [2.24, 2.45) is 0 Å². The Bertz CT molecular complexity index is 1220. The molecule has 36 heavy (non-hydrogen) atoms. The molecule has 0 bridgehead atoms. The first-order chi connectivity index (χ1) is 17.3. The minimum absolute atomic E-state index is 0.0698. The molecule has 6 heteroatoms. The van der Waals surface area contributed by atoms with Crippen molar-refractivity contribution in [2.75, 3.05) is 53.4 Å². The molecule has 2 aromatic carbocycles. The summed E-state index contributed by atoms with van der Waals surface area (Å²) in [7, 11) is 4.21. The summed E-state index contributed by atoms with van der Waals surface area (Å²) < 4.78 is 15.8. The molecule has 0 saturated carbocycles. The van der Waals surface area contributed by atoms with E-state index in [-0.39, 0.29) is 11.7 Å². The Morgan fingerprint density at radius 2 is 1.81 bits per heavy atom. The fraction of sp³-hybridized carbons (Fsp3) is 0.433. The van der Waals surface area contributed by atoms with Crippen LogP contribution in [0, 0.1) is 19.7 Å². The smallest absolute Gasteiger partial charge is 0.246 e. The molecule has 2 heterocycles. The van der Waals surface area contributed by atoms with Crippen LogP contribution in [0.4, 0.5) is 4.39 Å². The number of rotatable bonds is 9. The predicted molar refractivity (Wildman–Crippen MR) is 147 cm³/mol. The van der Waals surface area contributed by atoms with Gasteiger partial charge in [-0.3, -0.25) is 9.69 Å². The monoisotopic (exact) mass is 490 g/mol. The highest BCUT2D eigenvalue weighted by atomic mass is 19.1. The van der Waals surface area contributed by atoms with Gasteiger partial charge >= 0.3 is 0 Å². The topological polar surface area (TPSA) is 31.7 Å². The molecular formula is C30H39FN4O. The Morgan fingerprint density at radius 3 is 2.53 bits per heavy atom. The van der Waals surface area contributed by atoms with Crippen molar-refractivity contribution in [3.05, 3.63) is 76.7 Å². The van der Waals surface area contributed by atoms with Gasteiger partial charge in [-0.05, 0) is 83.2 Å². The molecule has 0 aliphatic carbocycles. The van der Waals surface area contributed by atoms with E-state index in [0.717, 1.165) is 69.8 Å². The maximum atomic E-state index is 13.4. The molecule has 3 aromatic rings. The van der Waals surface area contributed by atoms with Gasteiger partial charge in [0, 0.05) is 67.5 Å². The molecule has 0 atom stereocenters. The molecule has 0 N–H and O–H groups in total. The number of carbonyl (C=O) groups excluding carboxylic acids is 1. The number of halogens is 1. The Hall–Kier alpha value is -2.96. The SMILES string of the molecule is Cc1ccc2c(c1)c(/C=C/C(=O)N1CCN(CCc3cccc(F)c3)CC1)c(C)n2CCCN(C)C. The third-order valence-corrected chi connectivity index (χ3v) is 7.20. The molecule has 0 radical (unpaired) electrons. The maximum Gasteiger partial charge on any atom is 0.246 e. The number of aromatic nitrogens is 1. The summed E-state index contributed by atoms with van der Waals surface area (Å²) in [5.41, 5.74) is 5.82. The Labute approximate surface area is 214 Å². The number of benzene rings is 2. The van der Waals surface area contributed by atoms with Crippen LogP contribution >= 0.6 is 0 Å². The maximum absolute atomic E-state index is 13.4. The zero-order valence-electron chi connectivity index (χ0n) is 22.1. The molecule has 1 aliphatic heterocycles. The summed E-state index contributed by atoms with van der Waals surface area (Å²) in [5.74, 6) is -0.114. The number of nitrogens with zero attached hydrogens (tertiary/aromatic N) is 4. The molecular weight excluding hydrogens is 451 g/mol. The van der Waals surface area contributed by atoms with Gasteiger partial charge in [-0.1, -0.05) is 23.8 Å². The van der Waals surface area contributed by atoms with Crippen LogP contribution in [0.2, 0.25) is 0 Å². The van der Waals surface area contributed by atoms with E-state index >= 15 is 0 Å². The van der Waals surface area contributed by atoms with Crippen LogP contribution in [0.25, 0.3) is 17.0 Å². The first kappa shape index (κ1) is 26.1. The lowest BCUT2D eigenvalue weighted by Gasteiger charge is -2.34. The van der Waals surface area contributed by atoms with E-state index in [2.05, 4.69) is 60.5 Å². The minimum Gasteiger partial charge on any atom is -0.344 e. The van der Waals surface area contributed by atoms with Crippen molar-refractivity contribution >= 4 is 22.9 Å².